The molecule has 0 aliphatic carbocycles. The van der Waals surface area contributed by atoms with Crippen LogP contribution in [0.3, 0.4) is 0 Å². The number of nitrogens with zero attached hydrogens (tertiary/aromatic N) is 6. The van der Waals surface area contributed by atoms with E-state index in [0.717, 1.165) is 11.0 Å². The van der Waals surface area contributed by atoms with Crippen LogP contribution >= 0.6 is 11.6 Å². The lowest BCUT2D eigenvalue weighted by Gasteiger charge is -2.19. The summed E-state index contributed by atoms with van der Waals surface area (Å²) in [6.45, 7) is 2.31. The Morgan fingerprint density at radius 2 is 2.00 bits per heavy atom. The van der Waals surface area contributed by atoms with Gasteiger partial charge in [0.1, 0.15) is 18.1 Å². The Hall–Kier alpha value is -3.86. The van der Waals surface area contributed by atoms with E-state index in [9.17, 15) is 14.0 Å². The second-order valence-electron chi connectivity index (χ2n) is 7.24. The minimum absolute atomic E-state index is 0.0362. The lowest BCUT2D eigenvalue weighted by atomic mass is 10.1. The van der Waals surface area contributed by atoms with Crippen molar-refractivity contribution in [2.45, 2.75) is 25.6 Å². The molecule has 2 aliphatic rings. The Morgan fingerprint density at radius 3 is 2.79 bits per heavy atom. The number of halogens is 2. The average molecular weight is 471 g/mol. The minimum atomic E-state index is -1.03. The number of anilines is 1. The van der Waals surface area contributed by atoms with Gasteiger partial charge in [0.25, 0.3) is 11.8 Å². The molecule has 2 atom stereocenters. The molecule has 33 heavy (non-hydrogen) atoms. The fourth-order valence-electron chi connectivity index (χ4n) is 3.73. The lowest BCUT2D eigenvalue weighted by molar-refractivity contribution is -0.123. The van der Waals surface area contributed by atoms with Gasteiger partial charge in [-0.3, -0.25) is 14.6 Å². The Labute approximate surface area is 191 Å². The average Bonchev–Trinajstić information content (AvgIpc) is 3.49. The fourth-order valence-corrected chi connectivity index (χ4v) is 3.91. The molecule has 0 saturated carbocycles. The highest BCUT2D eigenvalue weighted by molar-refractivity contribution is 6.32. The first-order chi connectivity index (χ1) is 16.0. The van der Waals surface area contributed by atoms with Gasteiger partial charge >= 0.3 is 0 Å². The number of rotatable bonds is 6. The number of ether oxygens (including phenoxy) is 1. The summed E-state index contributed by atoms with van der Waals surface area (Å²) in [5.41, 5.74) is 0.815. The van der Waals surface area contributed by atoms with Gasteiger partial charge in [0.05, 0.1) is 22.9 Å². The number of hydrogen-bond donors (Lipinski definition) is 0. The zero-order valence-electron chi connectivity index (χ0n) is 17.2. The first kappa shape index (κ1) is 21.0. The monoisotopic (exact) mass is 470 g/mol. The van der Waals surface area contributed by atoms with E-state index in [0.29, 0.717) is 23.7 Å². The maximum atomic E-state index is 13.5. The van der Waals surface area contributed by atoms with Gasteiger partial charge in [-0.05, 0) is 37.3 Å². The van der Waals surface area contributed by atoms with E-state index in [1.165, 1.54) is 17.1 Å². The summed E-state index contributed by atoms with van der Waals surface area (Å²) in [5.74, 6) is -0.676. The van der Waals surface area contributed by atoms with Gasteiger partial charge in [0.15, 0.2) is 12.1 Å². The number of carbonyl (C=O) groups is 2. The van der Waals surface area contributed by atoms with Crippen LogP contribution in [0.25, 0.3) is 11.4 Å². The molecule has 3 heterocycles. The molecule has 0 N–H and O–H groups in total. The number of amides is 2. The van der Waals surface area contributed by atoms with Crippen LogP contribution in [0.15, 0.2) is 57.3 Å². The van der Waals surface area contributed by atoms with E-state index in [1.807, 2.05) is 19.1 Å². The molecule has 2 aromatic carbocycles. The SMILES string of the molecule is CCOc1ccccc1-c1noc(CN2N=N[C@@H]3C(=O)N(c4ccc(F)c(Cl)c4)C(=O)[C@@H]32)n1. The molecule has 2 amide bonds. The lowest BCUT2D eigenvalue weighted by Crippen LogP contribution is -2.39. The van der Waals surface area contributed by atoms with Crippen molar-refractivity contribution in [2.75, 3.05) is 11.5 Å². The molecular weight excluding hydrogens is 455 g/mol. The molecule has 0 spiro atoms. The molecule has 0 unspecified atom stereocenters. The molecule has 0 radical (unpaired) electrons. The quantitative estimate of drug-likeness (QED) is 0.507. The van der Waals surface area contributed by atoms with E-state index in [4.69, 9.17) is 20.9 Å². The normalized spacial score (nSPS) is 19.5. The number of fused-ring (bicyclic) bond motifs is 1. The Morgan fingerprint density at radius 1 is 1.18 bits per heavy atom. The Balaban J connectivity index is 1.37. The summed E-state index contributed by atoms with van der Waals surface area (Å²) < 4.78 is 24.5. The van der Waals surface area contributed by atoms with Crippen LogP contribution < -0.4 is 9.64 Å². The molecule has 1 aromatic heterocycles. The van der Waals surface area contributed by atoms with E-state index < -0.39 is 29.7 Å². The van der Waals surface area contributed by atoms with Crippen LogP contribution in [-0.2, 0) is 16.1 Å². The van der Waals surface area contributed by atoms with E-state index in [-0.39, 0.29) is 23.1 Å². The predicted molar refractivity (Wildman–Crippen MR) is 113 cm³/mol. The highest BCUT2D eigenvalue weighted by Gasteiger charge is 2.55. The molecule has 12 heteroatoms. The minimum Gasteiger partial charge on any atom is -0.493 e. The van der Waals surface area contributed by atoms with E-state index >= 15 is 0 Å². The number of aromatic nitrogens is 2. The third-order valence-corrected chi connectivity index (χ3v) is 5.50. The van der Waals surface area contributed by atoms with Crippen molar-refractivity contribution in [1.82, 2.24) is 15.1 Å². The molecule has 1 saturated heterocycles. The summed E-state index contributed by atoms with van der Waals surface area (Å²) >= 11 is 5.81. The van der Waals surface area contributed by atoms with Crippen molar-refractivity contribution >= 4 is 29.1 Å². The maximum absolute atomic E-state index is 13.5. The summed E-state index contributed by atoms with van der Waals surface area (Å²) in [7, 11) is 0. The fraction of sp³-hybridized carbons (Fsp3) is 0.238. The summed E-state index contributed by atoms with van der Waals surface area (Å²) in [5, 5.41) is 13.0. The van der Waals surface area contributed by atoms with E-state index in [1.54, 1.807) is 12.1 Å². The predicted octanol–water partition coefficient (Wildman–Crippen LogP) is 3.42. The molecule has 5 rings (SSSR count). The highest BCUT2D eigenvalue weighted by Crippen LogP contribution is 2.34. The van der Waals surface area contributed by atoms with Gasteiger partial charge in [-0.25, -0.2) is 9.29 Å². The summed E-state index contributed by atoms with van der Waals surface area (Å²) in [6.07, 6.45) is 0. The van der Waals surface area contributed by atoms with Crippen LogP contribution in [-0.4, -0.2) is 45.7 Å². The van der Waals surface area contributed by atoms with Crippen molar-refractivity contribution < 1.29 is 23.2 Å². The largest absolute Gasteiger partial charge is 0.493 e. The maximum Gasteiger partial charge on any atom is 0.263 e. The van der Waals surface area contributed by atoms with Crippen molar-refractivity contribution in [3.05, 3.63) is 59.2 Å². The van der Waals surface area contributed by atoms with Crippen LogP contribution in [0.1, 0.15) is 12.8 Å². The second-order valence-corrected chi connectivity index (χ2v) is 7.65. The van der Waals surface area contributed by atoms with Gasteiger partial charge in [-0.2, -0.15) is 10.1 Å². The number of imide groups is 1. The zero-order valence-corrected chi connectivity index (χ0v) is 17.9. The first-order valence-electron chi connectivity index (χ1n) is 10.0. The van der Waals surface area contributed by atoms with Gasteiger partial charge in [-0.1, -0.05) is 34.1 Å². The number of benzene rings is 2. The number of para-hydroxylation sites is 1. The van der Waals surface area contributed by atoms with Gasteiger partial charge < -0.3 is 9.26 Å². The molecule has 10 nitrogen and oxygen atoms in total. The third kappa shape index (κ3) is 3.59. The molecule has 3 aromatic rings. The van der Waals surface area contributed by atoms with Crippen molar-refractivity contribution in [3.8, 4) is 17.1 Å². The zero-order chi connectivity index (χ0) is 23.1. The van der Waals surface area contributed by atoms with Crippen molar-refractivity contribution in [3.63, 3.8) is 0 Å². The van der Waals surface area contributed by atoms with Crippen LogP contribution in [0, 0.1) is 5.82 Å². The van der Waals surface area contributed by atoms with Crippen LogP contribution in [0.5, 0.6) is 5.75 Å². The van der Waals surface area contributed by atoms with Crippen molar-refractivity contribution in [1.29, 1.82) is 0 Å². The molecule has 2 aliphatic heterocycles. The smallest absolute Gasteiger partial charge is 0.263 e. The topological polar surface area (TPSA) is 113 Å². The second kappa shape index (κ2) is 8.24. The molecular formula is C21H16ClFN6O4. The van der Waals surface area contributed by atoms with Gasteiger partial charge in [0, 0.05) is 0 Å². The third-order valence-electron chi connectivity index (χ3n) is 5.21. The van der Waals surface area contributed by atoms with Gasteiger partial charge in [-0.15, -0.1) is 0 Å². The molecule has 0 bridgehead atoms. The Kier molecular flexibility index (Phi) is 5.25. The number of hydrogen-bond acceptors (Lipinski definition) is 9. The first-order valence-corrected chi connectivity index (χ1v) is 10.4. The molecule has 168 valence electrons. The number of carbonyl (C=O) groups excluding carboxylic acids is 2. The van der Waals surface area contributed by atoms with Gasteiger partial charge in [0.2, 0.25) is 11.7 Å². The van der Waals surface area contributed by atoms with E-state index in [2.05, 4.69) is 20.5 Å². The van der Waals surface area contributed by atoms with Crippen molar-refractivity contribution in [2.24, 2.45) is 10.3 Å². The summed E-state index contributed by atoms with van der Waals surface area (Å²) in [6, 6.07) is 8.87. The van der Waals surface area contributed by atoms with Crippen LogP contribution in [0.4, 0.5) is 10.1 Å². The summed E-state index contributed by atoms with van der Waals surface area (Å²) in [4.78, 5) is 31.2. The van der Waals surface area contributed by atoms with Crippen LogP contribution in [0.2, 0.25) is 5.02 Å². The molecule has 1 fully saturated rings. The highest BCUT2D eigenvalue weighted by atomic mass is 35.5. The Bertz CT molecular complexity index is 1280. The standard InChI is InChI=1S/C21H16ClFN6O4/c1-2-32-15-6-4-3-5-12(15)19-24-16(33-26-19)10-28-18-17(25-27-28)20(30)29(21(18)31)11-7-8-14(23)13(22)9-11/h3-9,17-18H,2,10H2,1H3/t17-,18+/m0/s1.